The first-order valence-electron chi connectivity index (χ1n) is 6.92. The van der Waals surface area contributed by atoms with Crippen molar-refractivity contribution in [3.8, 4) is 0 Å². The summed E-state index contributed by atoms with van der Waals surface area (Å²) >= 11 is 1.20. The quantitative estimate of drug-likeness (QED) is 0.519. The number of amidine groups is 1. The molecule has 116 valence electrons. The molecular formula is C16H13N3O3S. The van der Waals surface area contributed by atoms with Crippen LogP contribution >= 0.6 is 11.8 Å². The molecule has 2 aromatic rings. The van der Waals surface area contributed by atoms with E-state index in [9.17, 15) is 9.59 Å². The topological polar surface area (TPSA) is 84.0 Å². The molecule has 1 fully saturated rings. The van der Waals surface area contributed by atoms with Crippen LogP contribution in [0, 0.1) is 0 Å². The minimum absolute atomic E-state index is 0.0708. The zero-order valence-corrected chi connectivity index (χ0v) is 12.8. The number of carbonyl (C=O) groups excluding carboxylic acids is 2. The minimum atomic E-state index is -0.486. The van der Waals surface area contributed by atoms with E-state index in [1.165, 1.54) is 24.2 Å². The number of nitrogens with one attached hydrogen (secondary N) is 1. The van der Waals surface area contributed by atoms with E-state index in [4.69, 9.17) is 4.42 Å². The van der Waals surface area contributed by atoms with E-state index in [1.54, 1.807) is 36.4 Å². The van der Waals surface area contributed by atoms with Crippen molar-refractivity contribution in [2.45, 2.75) is 11.7 Å². The van der Waals surface area contributed by atoms with Crippen LogP contribution in [0.3, 0.4) is 0 Å². The van der Waals surface area contributed by atoms with Crippen molar-refractivity contribution in [3.63, 3.8) is 0 Å². The van der Waals surface area contributed by atoms with E-state index < -0.39 is 5.25 Å². The molecule has 1 saturated heterocycles. The van der Waals surface area contributed by atoms with Crippen molar-refractivity contribution in [3.05, 3.63) is 60.1 Å². The predicted molar refractivity (Wildman–Crippen MR) is 88.6 cm³/mol. The monoisotopic (exact) mass is 327 g/mol. The van der Waals surface area contributed by atoms with Gasteiger partial charge in [0.25, 0.3) is 0 Å². The lowest BCUT2D eigenvalue weighted by Gasteiger charge is -2.04. The van der Waals surface area contributed by atoms with Gasteiger partial charge in [0.1, 0.15) is 5.76 Å². The molecule has 6 nitrogen and oxygen atoms in total. The van der Waals surface area contributed by atoms with Gasteiger partial charge in [-0.3, -0.25) is 9.59 Å². The Bertz CT molecular complexity index is 754. The second kappa shape index (κ2) is 7.06. The van der Waals surface area contributed by atoms with Crippen molar-refractivity contribution in [2.24, 2.45) is 10.2 Å². The SMILES string of the molecule is O=C(C[C@@H]1S/C(=N\N=C/c2ccco2)NC1=O)c1ccccc1. The highest BCUT2D eigenvalue weighted by atomic mass is 32.2. The fourth-order valence-electron chi connectivity index (χ4n) is 2.00. The maximum atomic E-state index is 12.1. The molecule has 2 heterocycles. The smallest absolute Gasteiger partial charge is 0.240 e. The summed E-state index contributed by atoms with van der Waals surface area (Å²) in [6, 6.07) is 12.4. The van der Waals surface area contributed by atoms with Gasteiger partial charge in [0, 0.05) is 12.0 Å². The van der Waals surface area contributed by atoms with Gasteiger partial charge in [0.15, 0.2) is 11.0 Å². The van der Waals surface area contributed by atoms with Gasteiger partial charge in [-0.1, -0.05) is 42.1 Å². The second-order valence-electron chi connectivity index (χ2n) is 4.75. The first-order valence-corrected chi connectivity index (χ1v) is 7.80. The van der Waals surface area contributed by atoms with Crippen LogP contribution in [0.1, 0.15) is 22.5 Å². The maximum absolute atomic E-state index is 12.1. The number of Topliss-reactive ketones (excluding diaryl/α,β-unsaturated/α-hetero) is 1. The van der Waals surface area contributed by atoms with E-state index in [1.807, 2.05) is 6.07 Å². The van der Waals surface area contributed by atoms with Gasteiger partial charge in [0.2, 0.25) is 5.91 Å². The van der Waals surface area contributed by atoms with Gasteiger partial charge in [-0.2, -0.15) is 5.10 Å². The van der Waals surface area contributed by atoms with E-state index in [-0.39, 0.29) is 18.1 Å². The minimum Gasteiger partial charge on any atom is -0.463 e. The van der Waals surface area contributed by atoms with E-state index in [2.05, 4.69) is 15.5 Å². The maximum Gasteiger partial charge on any atom is 0.240 e. The van der Waals surface area contributed by atoms with Crippen molar-refractivity contribution in [1.29, 1.82) is 0 Å². The molecule has 0 aliphatic carbocycles. The van der Waals surface area contributed by atoms with Crippen LogP contribution in [-0.4, -0.2) is 28.3 Å². The lowest BCUT2D eigenvalue weighted by Crippen LogP contribution is -2.26. The first kappa shape index (κ1) is 15.2. The average molecular weight is 327 g/mol. The highest BCUT2D eigenvalue weighted by Crippen LogP contribution is 2.24. The highest BCUT2D eigenvalue weighted by Gasteiger charge is 2.32. The lowest BCUT2D eigenvalue weighted by molar-refractivity contribution is -0.118. The summed E-state index contributed by atoms with van der Waals surface area (Å²) in [4.78, 5) is 24.1. The summed E-state index contributed by atoms with van der Waals surface area (Å²) in [5.41, 5.74) is 0.599. The molecule has 1 aliphatic heterocycles. The molecule has 1 aromatic heterocycles. The molecule has 7 heteroatoms. The van der Waals surface area contributed by atoms with Crippen LogP contribution in [0.5, 0.6) is 0 Å². The molecule has 0 saturated carbocycles. The third kappa shape index (κ3) is 3.95. The Morgan fingerprint density at radius 3 is 2.83 bits per heavy atom. The van der Waals surface area contributed by atoms with Crippen LogP contribution < -0.4 is 5.32 Å². The average Bonchev–Trinajstić information content (AvgIpc) is 3.19. The molecule has 1 N–H and O–H groups in total. The zero-order valence-electron chi connectivity index (χ0n) is 12.0. The number of rotatable bonds is 5. The lowest BCUT2D eigenvalue weighted by atomic mass is 10.1. The Hall–Kier alpha value is -2.67. The van der Waals surface area contributed by atoms with Gasteiger partial charge >= 0.3 is 0 Å². The molecule has 0 bridgehead atoms. The molecule has 23 heavy (non-hydrogen) atoms. The number of thioether (sulfide) groups is 1. The van der Waals surface area contributed by atoms with Gasteiger partial charge in [-0.25, -0.2) is 0 Å². The predicted octanol–water partition coefficient (Wildman–Crippen LogP) is 2.47. The van der Waals surface area contributed by atoms with Gasteiger partial charge in [-0.15, -0.1) is 5.10 Å². The number of ketones is 1. The molecule has 3 rings (SSSR count). The number of hydrogen-bond acceptors (Lipinski definition) is 6. The number of benzene rings is 1. The van der Waals surface area contributed by atoms with Crippen LogP contribution in [0.2, 0.25) is 0 Å². The number of amides is 1. The summed E-state index contributed by atoms with van der Waals surface area (Å²) < 4.78 is 5.08. The van der Waals surface area contributed by atoms with E-state index in [0.29, 0.717) is 16.5 Å². The molecule has 1 aromatic carbocycles. The molecule has 0 spiro atoms. The fraction of sp³-hybridized carbons (Fsp3) is 0.125. The van der Waals surface area contributed by atoms with Crippen molar-refractivity contribution in [1.82, 2.24) is 5.32 Å². The summed E-state index contributed by atoms with van der Waals surface area (Å²) in [6.07, 6.45) is 3.11. The van der Waals surface area contributed by atoms with Crippen molar-refractivity contribution >= 4 is 34.8 Å². The first-order chi connectivity index (χ1) is 11.2. The highest BCUT2D eigenvalue weighted by molar-refractivity contribution is 8.15. The summed E-state index contributed by atoms with van der Waals surface area (Å²) in [6.45, 7) is 0. The van der Waals surface area contributed by atoms with E-state index >= 15 is 0 Å². The standard InChI is InChI=1S/C16H13N3O3S/c20-13(11-5-2-1-3-6-11)9-14-15(21)18-16(23-14)19-17-10-12-7-4-8-22-12/h1-8,10,14H,9H2,(H,18,19,21)/b17-10-/t14-/m0/s1. The molecule has 1 amide bonds. The molecule has 1 aliphatic rings. The normalized spacial score (nSPS) is 19.4. The number of carbonyl (C=O) groups is 2. The van der Waals surface area contributed by atoms with Crippen LogP contribution in [0.15, 0.2) is 63.3 Å². The number of hydrogen-bond donors (Lipinski definition) is 1. The number of furan rings is 1. The van der Waals surface area contributed by atoms with Crippen LogP contribution in [-0.2, 0) is 4.79 Å². The van der Waals surface area contributed by atoms with E-state index in [0.717, 1.165) is 0 Å². The molecular weight excluding hydrogens is 314 g/mol. The fourth-order valence-corrected chi connectivity index (χ4v) is 2.92. The van der Waals surface area contributed by atoms with Gasteiger partial charge in [0.05, 0.1) is 17.7 Å². The van der Waals surface area contributed by atoms with Crippen LogP contribution in [0.4, 0.5) is 0 Å². The van der Waals surface area contributed by atoms with Gasteiger partial charge in [-0.05, 0) is 12.1 Å². The van der Waals surface area contributed by atoms with Crippen LogP contribution in [0.25, 0.3) is 0 Å². The molecule has 0 unspecified atom stereocenters. The Kier molecular flexibility index (Phi) is 4.68. The zero-order chi connectivity index (χ0) is 16.1. The molecule has 1 atom stereocenters. The summed E-state index contributed by atoms with van der Waals surface area (Å²) in [7, 11) is 0. The third-order valence-electron chi connectivity index (χ3n) is 3.12. The van der Waals surface area contributed by atoms with Crippen molar-refractivity contribution < 1.29 is 14.0 Å². The summed E-state index contributed by atoms with van der Waals surface area (Å²) in [5.74, 6) is 0.268. The third-order valence-corrected chi connectivity index (χ3v) is 4.19. The molecule has 0 radical (unpaired) electrons. The Morgan fingerprint density at radius 1 is 1.26 bits per heavy atom. The second-order valence-corrected chi connectivity index (χ2v) is 5.95. The Balaban J connectivity index is 1.60. The van der Waals surface area contributed by atoms with Gasteiger partial charge < -0.3 is 9.73 Å². The van der Waals surface area contributed by atoms with Crippen molar-refractivity contribution in [2.75, 3.05) is 0 Å². The Morgan fingerprint density at radius 2 is 2.09 bits per heavy atom. The largest absolute Gasteiger partial charge is 0.463 e. The number of nitrogens with zero attached hydrogens (tertiary/aromatic N) is 2. The Labute approximate surface area is 136 Å². The summed E-state index contributed by atoms with van der Waals surface area (Å²) in [5, 5.41) is 10.3.